The Morgan fingerprint density at radius 3 is 2.78 bits per heavy atom. The molecule has 4 rings (SSSR count). The molecule has 140 valence electrons. The third kappa shape index (κ3) is 3.66. The minimum atomic E-state index is -3.81. The predicted molar refractivity (Wildman–Crippen MR) is 104 cm³/mol. The third-order valence-electron chi connectivity index (χ3n) is 4.03. The van der Waals surface area contributed by atoms with Gasteiger partial charge in [0, 0.05) is 27.7 Å². The fourth-order valence-electron chi connectivity index (χ4n) is 2.84. The van der Waals surface area contributed by atoms with Gasteiger partial charge in [-0.15, -0.1) is 11.3 Å². The first-order chi connectivity index (χ1) is 13.1. The molecule has 3 aromatic rings. The van der Waals surface area contributed by atoms with E-state index in [4.69, 9.17) is 21.1 Å². The Hall–Kier alpha value is -2.13. The smallest absolute Gasteiger partial charge is 0.266 e. The van der Waals surface area contributed by atoms with Gasteiger partial charge in [-0.25, -0.2) is 17.7 Å². The number of ether oxygens (including phenoxy) is 2. The number of aromatic nitrogens is 1. The molecular weight excluding hydrogens is 408 g/mol. The van der Waals surface area contributed by atoms with Crippen molar-refractivity contribution in [2.75, 3.05) is 11.1 Å². The van der Waals surface area contributed by atoms with Gasteiger partial charge in [-0.2, -0.15) is 0 Å². The van der Waals surface area contributed by atoms with Crippen molar-refractivity contribution in [3.63, 3.8) is 0 Å². The standard InChI is InChI=1S/C18H15ClN2O4S2/c19-15-8-13(17-14(9-15)11-24-12-25-17)10-21(18-20-6-7-26-18)27(22,23)16-4-2-1-3-5-16/h1-9H,10-12H2. The summed E-state index contributed by atoms with van der Waals surface area (Å²) in [4.78, 5) is 4.40. The molecule has 6 nitrogen and oxygen atoms in total. The average molecular weight is 423 g/mol. The summed E-state index contributed by atoms with van der Waals surface area (Å²) < 4.78 is 38.8. The second kappa shape index (κ2) is 7.47. The van der Waals surface area contributed by atoms with Crippen LogP contribution in [0.4, 0.5) is 5.13 Å². The number of anilines is 1. The predicted octanol–water partition coefficient (Wildman–Crippen LogP) is 4.06. The Morgan fingerprint density at radius 1 is 1.22 bits per heavy atom. The summed E-state index contributed by atoms with van der Waals surface area (Å²) in [5.74, 6) is 0.607. The molecule has 1 aliphatic heterocycles. The van der Waals surface area contributed by atoms with E-state index in [9.17, 15) is 8.42 Å². The molecule has 0 fully saturated rings. The van der Waals surface area contributed by atoms with Crippen molar-refractivity contribution in [1.29, 1.82) is 0 Å². The van der Waals surface area contributed by atoms with Crippen molar-refractivity contribution < 1.29 is 17.9 Å². The molecule has 1 aliphatic rings. The molecule has 0 amide bonds. The first-order valence-electron chi connectivity index (χ1n) is 8.05. The monoisotopic (exact) mass is 422 g/mol. The maximum atomic E-state index is 13.3. The van der Waals surface area contributed by atoms with E-state index in [1.165, 1.54) is 15.6 Å². The zero-order valence-electron chi connectivity index (χ0n) is 14.0. The van der Waals surface area contributed by atoms with Crippen LogP contribution in [0.15, 0.2) is 58.9 Å². The highest BCUT2D eigenvalue weighted by atomic mass is 35.5. The fraction of sp³-hybridized carbons (Fsp3) is 0.167. The quantitative estimate of drug-likeness (QED) is 0.620. The highest BCUT2D eigenvalue weighted by molar-refractivity contribution is 7.93. The highest BCUT2D eigenvalue weighted by Crippen LogP contribution is 2.35. The van der Waals surface area contributed by atoms with Gasteiger partial charge in [-0.05, 0) is 24.3 Å². The Labute approximate surface area is 166 Å². The Balaban J connectivity index is 1.80. The second-order valence-electron chi connectivity index (χ2n) is 5.80. The van der Waals surface area contributed by atoms with Gasteiger partial charge in [0.25, 0.3) is 10.0 Å². The van der Waals surface area contributed by atoms with Crippen LogP contribution in [0.5, 0.6) is 5.75 Å². The van der Waals surface area contributed by atoms with Gasteiger partial charge in [0.05, 0.1) is 18.0 Å². The summed E-state index contributed by atoms with van der Waals surface area (Å²) in [5.41, 5.74) is 1.45. The molecule has 2 aromatic carbocycles. The first-order valence-corrected chi connectivity index (χ1v) is 10.7. The van der Waals surface area contributed by atoms with E-state index in [0.717, 1.165) is 5.56 Å². The number of hydrogen-bond acceptors (Lipinski definition) is 6. The molecule has 9 heteroatoms. The number of thiazole rings is 1. The maximum absolute atomic E-state index is 13.3. The number of halogens is 1. The highest BCUT2D eigenvalue weighted by Gasteiger charge is 2.29. The molecule has 0 aliphatic carbocycles. The van der Waals surface area contributed by atoms with Crippen LogP contribution in [-0.4, -0.2) is 20.2 Å². The zero-order chi connectivity index (χ0) is 18.9. The van der Waals surface area contributed by atoms with Crippen LogP contribution in [-0.2, 0) is 27.9 Å². The lowest BCUT2D eigenvalue weighted by molar-refractivity contribution is -0.0170. The summed E-state index contributed by atoms with van der Waals surface area (Å²) in [7, 11) is -3.81. The van der Waals surface area contributed by atoms with Crippen molar-refractivity contribution in [2.24, 2.45) is 0 Å². The minimum Gasteiger partial charge on any atom is -0.467 e. The second-order valence-corrected chi connectivity index (χ2v) is 8.97. The Bertz CT molecular complexity index is 1040. The lowest BCUT2D eigenvalue weighted by Crippen LogP contribution is -2.31. The van der Waals surface area contributed by atoms with Crippen molar-refractivity contribution in [2.45, 2.75) is 18.0 Å². The number of sulfonamides is 1. The van der Waals surface area contributed by atoms with Gasteiger partial charge in [0.1, 0.15) is 5.75 Å². The van der Waals surface area contributed by atoms with Gasteiger partial charge in [-0.1, -0.05) is 29.8 Å². The topological polar surface area (TPSA) is 68.7 Å². The van der Waals surface area contributed by atoms with E-state index >= 15 is 0 Å². The average Bonchev–Trinajstić information content (AvgIpc) is 3.20. The van der Waals surface area contributed by atoms with E-state index < -0.39 is 10.0 Å². The molecular formula is C18H15ClN2O4S2. The molecule has 0 bridgehead atoms. The molecule has 0 atom stereocenters. The summed E-state index contributed by atoms with van der Waals surface area (Å²) in [5, 5.41) is 2.61. The van der Waals surface area contributed by atoms with Crippen LogP contribution < -0.4 is 9.04 Å². The molecule has 0 saturated heterocycles. The summed E-state index contributed by atoms with van der Waals surface area (Å²) in [6.07, 6.45) is 1.57. The van der Waals surface area contributed by atoms with E-state index in [1.807, 2.05) is 0 Å². The van der Waals surface area contributed by atoms with E-state index in [2.05, 4.69) is 4.98 Å². The molecule has 27 heavy (non-hydrogen) atoms. The zero-order valence-corrected chi connectivity index (χ0v) is 16.4. The fourth-order valence-corrected chi connectivity index (χ4v) is 5.39. The van der Waals surface area contributed by atoms with Gasteiger partial charge < -0.3 is 9.47 Å². The van der Waals surface area contributed by atoms with Crippen molar-refractivity contribution in [1.82, 2.24) is 4.98 Å². The molecule has 0 N–H and O–H groups in total. The number of fused-ring (bicyclic) bond motifs is 1. The van der Waals surface area contributed by atoms with E-state index in [0.29, 0.717) is 28.1 Å². The van der Waals surface area contributed by atoms with Crippen LogP contribution in [0.1, 0.15) is 11.1 Å². The first kappa shape index (κ1) is 18.2. The van der Waals surface area contributed by atoms with Crippen LogP contribution >= 0.6 is 22.9 Å². The Kier molecular flexibility index (Phi) is 5.05. The SMILES string of the molecule is O=S(=O)(c1ccccc1)N(Cc1cc(Cl)cc2c1OCOC2)c1nccs1. The van der Waals surface area contributed by atoms with Gasteiger partial charge in [0.2, 0.25) is 0 Å². The number of benzene rings is 2. The summed E-state index contributed by atoms with van der Waals surface area (Å²) in [6.45, 7) is 0.531. The van der Waals surface area contributed by atoms with Crippen LogP contribution in [0.3, 0.4) is 0 Å². The van der Waals surface area contributed by atoms with Gasteiger partial charge in [-0.3, -0.25) is 0 Å². The lowest BCUT2D eigenvalue weighted by atomic mass is 10.1. The largest absolute Gasteiger partial charge is 0.467 e. The van der Waals surface area contributed by atoms with E-state index in [-0.39, 0.29) is 18.2 Å². The van der Waals surface area contributed by atoms with Gasteiger partial charge in [0.15, 0.2) is 11.9 Å². The van der Waals surface area contributed by atoms with E-state index in [1.54, 1.807) is 54.0 Å². The van der Waals surface area contributed by atoms with Crippen molar-refractivity contribution >= 4 is 38.1 Å². The van der Waals surface area contributed by atoms with Gasteiger partial charge >= 0.3 is 0 Å². The third-order valence-corrected chi connectivity index (χ3v) is 6.91. The molecule has 0 radical (unpaired) electrons. The Morgan fingerprint density at radius 2 is 2.04 bits per heavy atom. The van der Waals surface area contributed by atoms with Crippen LogP contribution in [0.25, 0.3) is 0 Å². The maximum Gasteiger partial charge on any atom is 0.266 e. The molecule has 1 aromatic heterocycles. The molecule has 0 unspecified atom stereocenters. The summed E-state index contributed by atoms with van der Waals surface area (Å²) >= 11 is 7.48. The number of nitrogens with zero attached hydrogens (tertiary/aromatic N) is 2. The number of hydrogen-bond donors (Lipinski definition) is 0. The molecule has 0 saturated carbocycles. The molecule has 0 spiro atoms. The lowest BCUT2D eigenvalue weighted by Gasteiger charge is -2.26. The molecule has 2 heterocycles. The van der Waals surface area contributed by atoms with Crippen molar-refractivity contribution in [3.8, 4) is 5.75 Å². The normalized spacial score (nSPS) is 13.7. The van der Waals surface area contributed by atoms with Crippen molar-refractivity contribution in [3.05, 3.63) is 70.2 Å². The number of rotatable bonds is 5. The van der Waals surface area contributed by atoms with Crippen LogP contribution in [0, 0.1) is 0 Å². The van der Waals surface area contributed by atoms with Crippen LogP contribution in [0.2, 0.25) is 5.02 Å². The minimum absolute atomic E-state index is 0.0492. The summed E-state index contributed by atoms with van der Waals surface area (Å²) in [6, 6.07) is 11.8.